The monoisotopic (exact) mass is 352 g/mol. The highest BCUT2D eigenvalue weighted by atomic mass is 32.2. The summed E-state index contributed by atoms with van der Waals surface area (Å²) in [5, 5.41) is 0.869. The Kier molecular flexibility index (Phi) is 5.74. The van der Waals surface area contributed by atoms with Crippen LogP contribution < -0.4 is 4.72 Å². The fourth-order valence-electron chi connectivity index (χ4n) is 2.53. The Morgan fingerprint density at radius 2 is 1.96 bits per heavy atom. The van der Waals surface area contributed by atoms with Gasteiger partial charge < -0.3 is 9.64 Å². The Hall–Kier alpha value is -2.19. The molecule has 1 aromatic carbocycles. The highest BCUT2D eigenvalue weighted by Gasteiger charge is 2.27. The Labute approximate surface area is 141 Å². The van der Waals surface area contributed by atoms with E-state index in [0.29, 0.717) is 24.2 Å². The first kappa shape index (κ1) is 18.2. The number of ether oxygens (including phenoxy) is 1. The first-order valence-electron chi connectivity index (χ1n) is 7.46. The van der Waals surface area contributed by atoms with Crippen molar-refractivity contribution in [3.05, 3.63) is 47.4 Å². The lowest BCUT2D eigenvalue weighted by Crippen LogP contribution is -2.32. The second-order valence-corrected chi connectivity index (χ2v) is 7.25. The third-order valence-electron chi connectivity index (χ3n) is 3.92. The molecule has 0 saturated carbocycles. The molecule has 0 aliphatic carbocycles. The van der Waals surface area contributed by atoms with Crippen molar-refractivity contribution < 1.29 is 22.7 Å². The predicted molar refractivity (Wildman–Crippen MR) is 88.9 cm³/mol. The molecule has 130 valence electrons. The van der Waals surface area contributed by atoms with Gasteiger partial charge in [0.15, 0.2) is 0 Å². The summed E-state index contributed by atoms with van der Waals surface area (Å²) in [6, 6.07) is 6.26. The van der Waals surface area contributed by atoms with Crippen molar-refractivity contribution in [1.29, 1.82) is 0 Å². The minimum Gasteiger partial charge on any atom is -0.465 e. The van der Waals surface area contributed by atoms with Crippen LogP contribution >= 0.6 is 0 Å². The number of methoxy groups -OCH3 is 1. The Bertz CT molecular complexity index is 727. The zero-order valence-electron chi connectivity index (χ0n) is 13.4. The number of nitrogens with zero attached hydrogens (tertiary/aromatic N) is 1. The number of rotatable bonds is 6. The van der Waals surface area contributed by atoms with Crippen LogP contribution in [0.3, 0.4) is 0 Å². The molecular weight excluding hydrogens is 332 g/mol. The van der Waals surface area contributed by atoms with Crippen LogP contribution in [0, 0.1) is 5.92 Å². The minimum atomic E-state index is -3.45. The topological polar surface area (TPSA) is 92.8 Å². The third-order valence-corrected chi connectivity index (χ3v) is 4.93. The molecule has 0 spiro atoms. The maximum atomic E-state index is 12.5. The van der Waals surface area contributed by atoms with E-state index in [1.54, 1.807) is 29.2 Å². The van der Waals surface area contributed by atoms with E-state index in [1.165, 1.54) is 7.11 Å². The van der Waals surface area contributed by atoms with Gasteiger partial charge in [0.2, 0.25) is 10.0 Å². The number of amides is 1. The summed E-state index contributed by atoms with van der Waals surface area (Å²) in [4.78, 5) is 25.5. The molecule has 1 fully saturated rings. The molecule has 24 heavy (non-hydrogen) atoms. The summed E-state index contributed by atoms with van der Waals surface area (Å²) in [5.41, 5.74) is 0.863. The molecule has 1 amide bonds. The van der Waals surface area contributed by atoms with Crippen molar-refractivity contribution in [2.75, 3.05) is 26.7 Å². The average Bonchev–Trinajstić information content (AvgIpc) is 3.08. The largest absolute Gasteiger partial charge is 0.465 e. The van der Waals surface area contributed by atoms with E-state index in [1.807, 2.05) is 0 Å². The smallest absolute Gasteiger partial charge is 0.337 e. The summed E-state index contributed by atoms with van der Waals surface area (Å²) >= 11 is 0. The van der Waals surface area contributed by atoms with Gasteiger partial charge in [-0.1, -0.05) is 6.58 Å². The number of hydrogen-bond acceptors (Lipinski definition) is 5. The van der Waals surface area contributed by atoms with Crippen molar-refractivity contribution in [2.45, 2.75) is 6.42 Å². The summed E-state index contributed by atoms with van der Waals surface area (Å²) in [5.74, 6) is -0.525. The highest BCUT2D eigenvalue weighted by molar-refractivity contribution is 7.92. The van der Waals surface area contributed by atoms with E-state index in [4.69, 9.17) is 0 Å². The van der Waals surface area contributed by atoms with Gasteiger partial charge in [0.05, 0.1) is 12.7 Å². The zero-order chi connectivity index (χ0) is 17.7. The van der Waals surface area contributed by atoms with Gasteiger partial charge in [0, 0.05) is 30.6 Å². The SMILES string of the molecule is C=CS(=O)(=O)NC[C@H]1CCN(C(=O)c2ccc(C(=O)OC)cc2)C1. The number of benzene rings is 1. The number of esters is 1. The molecule has 0 aromatic heterocycles. The summed E-state index contributed by atoms with van der Waals surface area (Å²) in [7, 11) is -2.15. The fraction of sp³-hybridized carbons (Fsp3) is 0.375. The number of sulfonamides is 1. The third kappa shape index (κ3) is 4.42. The van der Waals surface area contributed by atoms with Crippen molar-refractivity contribution in [3.8, 4) is 0 Å². The van der Waals surface area contributed by atoms with Crippen LogP contribution in [0.15, 0.2) is 36.3 Å². The first-order valence-corrected chi connectivity index (χ1v) is 9.00. The molecule has 1 aliphatic rings. The van der Waals surface area contributed by atoms with E-state index >= 15 is 0 Å². The predicted octanol–water partition coefficient (Wildman–Crippen LogP) is 0.998. The van der Waals surface area contributed by atoms with Crippen LogP contribution in [0.1, 0.15) is 27.1 Å². The van der Waals surface area contributed by atoms with Gasteiger partial charge in [-0.15, -0.1) is 0 Å². The highest BCUT2D eigenvalue weighted by Crippen LogP contribution is 2.19. The number of likely N-dealkylation sites (tertiary alicyclic amines) is 1. The Morgan fingerprint density at radius 1 is 1.33 bits per heavy atom. The molecule has 1 N–H and O–H groups in total. The first-order chi connectivity index (χ1) is 11.4. The van der Waals surface area contributed by atoms with Crippen molar-refractivity contribution in [3.63, 3.8) is 0 Å². The van der Waals surface area contributed by atoms with Crippen molar-refractivity contribution in [2.24, 2.45) is 5.92 Å². The maximum Gasteiger partial charge on any atom is 0.337 e. The summed E-state index contributed by atoms with van der Waals surface area (Å²) in [6.45, 7) is 4.57. The van der Waals surface area contributed by atoms with E-state index in [9.17, 15) is 18.0 Å². The lowest BCUT2D eigenvalue weighted by atomic mass is 10.1. The van der Waals surface area contributed by atoms with Crippen molar-refractivity contribution in [1.82, 2.24) is 9.62 Å². The van der Waals surface area contributed by atoms with Crippen LogP contribution in [-0.2, 0) is 14.8 Å². The molecule has 1 aliphatic heterocycles. The van der Waals surface area contributed by atoms with Crippen LogP contribution in [-0.4, -0.2) is 51.9 Å². The van der Waals surface area contributed by atoms with Crippen molar-refractivity contribution >= 4 is 21.9 Å². The maximum absolute atomic E-state index is 12.5. The lowest BCUT2D eigenvalue weighted by molar-refractivity contribution is 0.0600. The number of carbonyl (C=O) groups excluding carboxylic acids is 2. The number of carbonyl (C=O) groups is 2. The summed E-state index contributed by atoms with van der Waals surface area (Å²) in [6.07, 6.45) is 0.728. The molecule has 0 radical (unpaired) electrons. The second kappa shape index (κ2) is 7.59. The molecule has 1 aromatic rings. The lowest BCUT2D eigenvalue weighted by Gasteiger charge is -2.17. The van der Waals surface area contributed by atoms with Crippen LogP contribution in [0.5, 0.6) is 0 Å². The summed E-state index contributed by atoms with van der Waals surface area (Å²) < 4.78 is 29.8. The molecule has 1 heterocycles. The number of hydrogen-bond donors (Lipinski definition) is 1. The zero-order valence-corrected chi connectivity index (χ0v) is 14.2. The standard InChI is InChI=1S/C16H20N2O5S/c1-3-24(21,22)17-10-12-8-9-18(11-12)15(19)13-4-6-14(7-5-13)16(20)23-2/h3-7,12,17H,1,8-11H2,2H3/t12-/m1/s1. The van der Waals surface area contributed by atoms with Crippen LogP contribution in [0.2, 0.25) is 0 Å². The second-order valence-electron chi connectivity index (χ2n) is 5.53. The van der Waals surface area contributed by atoms with Gasteiger partial charge in [0.1, 0.15) is 0 Å². The molecule has 0 bridgehead atoms. The van der Waals surface area contributed by atoms with Gasteiger partial charge in [0.25, 0.3) is 5.91 Å². The van der Waals surface area contributed by atoms with E-state index in [-0.39, 0.29) is 18.4 Å². The minimum absolute atomic E-state index is 0.0676. The van der Waals surface area contributed by atoms with Gasteiger partial charge in [-0.25, -0.2) is 17.9 Å². The molecule has 8 heteroatoms. The molecule has 1 saturated heterocycles. The normalized spacial score (nSPS) is 17.5. The van der Waals surface area contributed by atoms with Gasteiger partial charge in [-0.05, 0) is 36.6 Å². The Morgan fingerprint density at radius 3 is 2.54 bits per heavy atom. The van der Waals surface area contributed by atoms with E-state index in [0.717, 1.165) is 11.8 Å². The molecule has 7 nitrogen and oxygen atoms in total. The van der Waals surface area contributed by atoms with Gasteiger partial charge in [-0.3, -0.25) is 4.79 Å². The number of nitrogens with one attached hydrogen (secondary N) is 1. The molecular formula is C16H20N2O5S. The van der Waals surface area contributed by atoms with Gasteiger partial charge in [-0.2, -0.15) is 0 Å². The van der Waals surface area contributed by atoms with Crippen LogP contribution in [0.25, 0.3) is 0 Å². The molecule has 1 atom stereocenters. The molecule has 0 unspecified atom stereocenters. The fourth-order valence-corrected chi connectivity index (χ4v) is 3.11. The van der Waals surface area contributed by atoms with E-state index in [2.05, 4.69) is 16.0 Å². The van der Waals surface area contributed by atoms with Crippen LogP contribution in [0.4, 0.5) is 0 Å². The quantitative estimate of drug-likeness (QED) is 0.771. The average molecular weight is 352 g/mol. The van der Waals surface area contributed by atoms with E-state index < -0.39 is 16.0 Å². The Balaban J connectivity index is 1.94. The van der Waals surface area contributed by atoms with Gasteiger partial charge >= 0.3 is 5.97 Å². The molecule has 2 rings (SSSR count).